The second-order valence-corrected chi connectivity index (χ2v) is 7.10. The Bertz CT molecular complexity index is 1100. The molecule has 7 nitrogen and oxygen atoms in total. The first-order valence-electron chi connectivity index (χ1n) is 7.87. The molecule has 0 aliphatic carbocycles. The summed E-state index contributed by atoms with van der Waals surface area (Å²) >= 11 is 0.947. The van der Waals surface area contributed by atoms with Crippen molar-refractivity contribution in [3.8, 4) is 11.4 Å². The molecule has 2 heterocycles. The van der Waals surface area contributed by atoms with Crippen molar-refractivity contribution >= 4 is 33.4 Å². The lowest BCUT2D eigenvalue weighted by Gasteiger charge is -2.17. The lowest BCUT2D eigenvalue weighted by Crippen LogP contribution is -2.33. The number of aromatic carboxylic acids is 1. The number of hydrogen-bond acceptors (Lipinski definition) is 5. The molecule has 0 radical (unpaired) electrons. The Morgan fingerprint density at radius 2 is 1.85 bits per heavy atom. The fraction of sp³-hybridized carbons (Fsp3) is 0.222. The maximum absolute atomic E-state index is 13.1. The van der Waals surface area contributed by atoms with Crippen molar-refractivity contribution in [2.45, 2.75) is 26.8 Å². The molecule has 8 heteroatoms. The van der Waals surface area contributed by atoms with E-state index in [-0.39, 0.29) is 16.1 Å². The van der Waals surface area contributed by atoms with Crippen molar-refractivity contribution in [1.29, 1.82) is 0 Å². The number of carboxylic acids is 1. The molecule has 3 N–H and O–H groups in total. The Morgan fingerprint density at radius 3 is 2.38 bits per heavy atom. The van der Waals surface area contributed by atoms with Crippen LogP contribution in [0.4, 0.5) is 0 Å². The van der Waals surface area contributed by atoms with Gasteiger partial charge in [-0.1, -0.05) is 29.8 Å². The summed E-state index contributed by atoms with van der Waals surface area (Å²) in [6.07, 6.45) is 0. The number of carbonyl (C=O) groups is 2. The molecule has 0 aliphatic rings. The zero-order chi connectivity index (χ0) is 19.2. The van der Waals surface area contributed by atoms with E-state index in [1.165, 1.54) is 11.5 Å². The van der Waals surface area contributed by atoms with Gasteiger partial charge in [-0.2, -0.15) is 0 Å². The van der Waals surface area contributed by atoms with Gasteiger partial charge in [-0.05, 0) is 26.3 Å². The van der Waals surface area contributed by atoms with E-state index in [9.17, 15) is 19.5 Å². The third-order valence-corrected chi connectivity index (χ3v) is 5.47. The number of benzene rings is 1. The normalized spacial score (nSPS) is 12.3. The van der Waals surface area contributed by atoms with E-state index in [0.29, 0.717) is 16.0 Å². The van der Waals surface area contributed by atoms with Crippen LogP contribution < -0.4 is 11.3 Å². The summed E-state index contributed by atoms with van der Waals surface area (Å²) in [5.41, 5.74) is 6.97. The molecular weight excluding hydrogens is 354 g/mol. The van der Waals surface area contributed by atoms with Crippen molar-refractivity contribution in [3.63, 3.8) is 0 Å². The maximum atomic E-state index is 13.1. The van der Waals surface area contributed by atoms with Crippen LogP contribution in [0.2, 0.25) is 0 Å². The van der Waals surface area contributed by atoms with Crippen molar-refractivity contribution in [2.75, 3.05) is 0 Å². The minimum absolute atomic E-state index is 0.0592. The number of hydrogen-bond donors (Lipinski definition) is 2. The minimum Gasteiger partial charge on any atom is -0.477 e. The van der Waals surface area contributed by atoms with Gasteiger partial charge in [0.1, 0.15) is 21.6 Å². The summed E-state index contributed by atoms with van der Waals surface area (Å²) in [7, 11) is 0. The Morgan fingerprint density at radius 1 is 1.23 bits per heavy atom. The third-order valence-electron chi connectivity index (χ3n) is 4.30. The van der Waals surface area contributed by atoms with E-state index in [4.69, 9.17) is 5.73 Å². The fourth-order valence-electron chi connectivity index (χ4n) is 2.79. The van der Waals surface area contributed by atoms with E-state index in [1.54, 1.807) is 19.1 Å². The molecule has 3 rings (SSSR count). The average molecular weight is 371 g/mol. The standard InChI is InChI=1S/C18H17N3O4S/c1-8-4-6-11(7-5-8)15-20-16-12(9(2)13(26-16)18(24)25)17(23)21(15)10(3)14(19)22/h4-7,10H,1-3H3,(H2,19,22)(H,24,25). The molecule has 0 fully saturated rings. The first kappa shape index (κ1) is 17.8. The van der Waals surface area contributed by atoms with Crippen LogP contribution in [-0.4, -0.2) is 26.5 Å². The quantitative estimate of drug-likeness (QED) is 0.731. The Kier molecular flexibility index (Phi) is 4.37. The third kappa shape index (κ3) is 2.78. The number of rotatable bonds is 4. The van der Waals surface area contributed by atoms with Gasteiger partial charge < -0.3 is 10.8 Å². The number of nitrogens with zero attached hydrogens (tertiary/aromatic N) is 2. The number of fused-ring (bicyclic) bond motifs is 1. The topological polar surface area (TPSA) is 115 Å². The summed E-state index contributed by atoms with van der Waals surface area (Å²) < 4.78 is 1.24. The second kappa shape index (κ2) is 6.38. The van der Waals surface area contributed by atoms with E-state index in [0.717, 1.165) is 16.9 Å². The van der Waals surface area contributed by atoms with Crippen LogP contribution in [0.5, 0.6) is 0 Å². The molecule has 0 aliphatic heterocycles. The van der Waals surface area contributed by atoms with Crippen molar-refractivity contribution in [3.05, 3.63) is 50.6 Å². The maximum Gasteiger partial charge on any atom is 0.346 e. The molecule has 0 saturated heterocycles. The zero-order valence-electron chi connectivity index (χ0n) is 14.4. The molecule has 0 bridgehead atoms. The van der Waals surface area contributed by atoms with Crippen LogP contribution in [0, 0.1) is 13.8 Å². The number of aryl methyl sites for hydroxylation is 2. The summed E-state index contributed by atoms with van der Waals surface area (Å²) in [6.45, 7) is 5.02. The number of aromatic nitrogens is 2. The number of thiophene rings is 1. The second-order valence-electron chi connectivity index (χ2n) is 6.10. The number of nitrogens with two attached hydrogens (primary N) is 1. The van der Waals surface area contributed by atoms with Crippen LogP contribution in [0.25, 0.3) is 21.6 Å². The number of carbonyl (C=O) groups excluding carboxylic acids is 1. The molecule has 0 spiro atoms. The van der Waals surface area contributed by atoms with Gasteiger partial charge in [-0.3, -0.25) is 14.2 Å². The van der Waals surface area contributed by atoms with E-state index < -0.39 is 23.5 Å². The van der Waals surface area contributed by atoms with Gasteiger partial charge in [0.05, 0.1) is 5.39 Å². The minimum atomic E-state index is -1.11. The summed E-state index contributed by atoms with van der Waals surface area (Å²) in [4.78, 5) is 41.2. The van der Waals surface area contributed by atoms with Gasteiger partial charge in [0.15, 0.2) is 0 Å². The van der Waals surface area contributed by atoms with Crippen LogP contribution in [-0.2, 0) is 4.79 Å². The highest BCUT2D eigenvalue weighted by Crippen LogP contribution is 2.30. The van der Waals surface area contributed by atoms with Gasteiger partial charge in [0.25, 0.3) is 5.56 Å². The molecule has 1 amide bonds. The molecule has 1 unspecified atom stereocenters. The van der Waals surface area contributed by atoms with E-state index >= 15 is 0 Å². The molecular formula is C18H17N3O4S. The smallest absolute Gasteiger partial charge is 0.346 e. The average Bonchev–Trinajstić information content (AvgIpc) is 2.92. The van der Waals surface area contributed by atoms with Crippen LogP contribution in [0.3, 0.4) is 0 Å². The van der Waals surface area contributed by atoms with Crippen LogP contribution >= 0.6 is 11.3 Å². The van der Waals surface area contributed by atoms with Crippen LogP contribution in [0.15, 0.2) is 29.1 Å². The number of carboxylic acid groups (broad SMARTS) is 1. The molecule has 0 saturated carbocycles. The lowest BCUT2D eigenvalue weighted by molar-refractivity contribution is -0.120. The molecule has 1 atom stereocenters. The molecule has 1 aromatic carbocycles. The first-order chi connectivity index (χ1) is 12.2. The van der Waals surface area contributed by atoms with Crippen molar-refractivity contribution < 1.29 is 14.7 Å². The fourth-order valence-corrected chi connectivity index (χ4v) is 3.80. The zero-order valence-corrected chi connectivity index (χ0v) is 15.3. The van der Waals surface area contributed by atoms with Crippen molar-refractivity contribution in [1.82, 2.24) is 9.55 Å². The highest BCUT2D eigenvalue weighted by atomic mass is 32.1. The summed E-state index contributed by atoms with van der Waals surface area (Å²) in [5.74, 6) is -1.50. The van der Waals surface area contributed by atoms with Gasteiger partial charge >= 0.3 is 5.97 Å². The molecule has 134 valence electrons. The highest BCUT2D eigenvalue weighted by Gasteiger charge is 2.25. The van der Waals surface area contributed by atoms with Crippen LogP contribution in [0.1, 0.15) is 33.8 Å². The van der Waals surface area contributed by atoms with Gasteiger partial charge in [0.2, 0.25) is 5.91 Å². The monoisotopic (exact) mass is 371 g/mol. The SMILES string of the molecule is Cc1ccc(-c2nc3sc(C(=O)O)c(C)c3c(=O)n2C(C)C(N)=O)cc1. The Hall–Kier alpha value is -3.00. The molecule has 2 aromatic heterocycles. The van der Waals surface area contributed by atoms with Gasteiger partial charge in [-0.25, -0.2) is 9.78 Å². The van der Waals surface area contributed by atoms with Crippen molar-refractivity contribution in [2.24, 2.45) is 5.73 Å². The predicted molar refractivity (Wildman–Crippen MR) is 99.7 cm³/mol. The summed E-state index contributed by atoms with van der Waals surface area (Å²) in [5, 5.41) is 9.55. The lowest BCUT2D eigenvalue weighted by atomic mass is 10.1. The van der Waals surface area contributed by atoms with Gasteiger partial charge in [0, 0.05) is 5.56 Å². The first-order valence-corrected chi connectivity index (χ1v) is 8.69. The largest absolute Gasteiger partial charge is 0.477 e. The predicted octanol–water partition coefficient (Wildman–Crippen LogP) is 2.49. The molecule has 3 aromatic rings. The van der Waals surface area contributed by atoms with E-state index in [1.807, 2.05) is 19.1 Å². The van der Waals surface area contributed by atoms with Gasteiger partial charge in [-0.15, -0.1) is 11.3 Å². The highest BCUT2D eigenvalue weighted by molar-refractivity contribution is 7.20. The Labute approximate surface area is 152 Å². The number of amides is 1. The Balaban J connectivity index is 2.44. The summed E-state index contributed by atoms with van der Waals surface area (Å²) in [6, 6.07) is 6.40. The number of primary amides is 1. The van der Waals surface area contributed by atoms with E-state index in [2.05, 4.69) is 4.98 Å². The molecule has 26 heavy (non-hydrogen) atoms.